The second-order valence-corrected chi connectivity index (χ2v) is 3.70. The highest BCUT2D eigenvalue weighted by Crippen LogP contribution is 1.98. The lowest BCUT2D eigenvalue weighted by molar-refractivity contribution is 0.564. The average Bonchev–Trinajstić information content (AvgIpc) is 1.98. The Labute approximate surface area is 72.1 Å². The van der Waals surface area contributed by atoms with Gasteiger partial charge in [-0.15, -0.1) is 0 Å². The maximum absolute atomic E-state index is 10.7. The third-order valence-corrected chi connectivity index (χ3v) is 2.02. The molecule has 0 N–H and O–H groups in total. The summed E-state index contributed by atoms with van der Waals surface area (Å²) in [5, 5.41) is 0.924. The van der Waals surface area contributed by atoms with Crippen LogP contribution in [0.1, 0.15) is 26.2 Å². The zero-order chi connectivity index (χ0) is 9.45. The van der Waals surface area contributed by atoms with Crippen molar-refractivity contribution in [2.24, 2.45) is 4.40 Å². The van der Waals surface area contributed by atoms with Gasteiger partial charge >= 0.3 is 0 Å². The molecule has 0 rings (SSSR count). The fourth-order valence-corrected chi connectivity index (χ4v) is 1.14. The molecule has 12 heavy (non-hydrogen) atoms. The van der Waals surface area contributed by atoms with Crippen LogP contribution in [0.4, 0.5) is 0 Å². The summed E-state index contributed by atoms with van der Waals surface area (Å²) in [6, 6.07) is 0. The van der Waals surface area contributed by atoms with Crippen molar-refractivity contribution in [1.82, 2.24) is 0 Å². The van der Waals surface area contributed by atoms with E-state index in [1.807, 2.05) is 6.92 Å². The second-order valence-electron chi connectivity index (χ2n) is 2.21. The van der Waals surface area contributed by atoms with Gasteiger partial charge in [-0.2, -0.15) is 8.42 Å². The van der Waals surface area contributed by atoms with Gasteiger partial charge in [-0.1, -0.05) is 30.2 Å². The van der Waals surface area contributed by atoms with Crippen molar-refractivity contribution in [2.45, 2.75) is 26.2 Å². The van der Waals surface area contributed by atoms with Crippen LogP contribution >= 0.6 is 0 Å². The smallest absolute Gasteiger partial charge is 0.210 e. The van der Waals surface area contributed by atoms with Crippen LogP contribution in [0, 0.1) is 0 Å². The predicted octanol–water partition coefficient (Wildman–Crippen LogP) is 1.36. The van der Waals surface area contributed by atoms with E-state index in [1.165, 1.54) is 6.08 Å². The first kappa shape index (κ1) is 11.1. The third-order valence-electron chi connectivity index (χ3n) is 1.16. The van der Waals surface area contributed by atoms with E-state index in [-0.39, 0.29) is 0 Å². The molecule has 0 saturated carbocycles. The van der Waals surface area contributed by atoms with E-state index in [0.29, 0.717) is 6.42 Å². The van der Waals surface area contributed by atoms with Crippen LogP contribution in [0.5, 0.6) is 0 Å². The number of isocyanates is 1. The van der Waals surface area contributed by atoms with E-state index >= 15 is 0 Å². The first-order valence-corrected chi connectivity index (χ1v) is 5.13. The molecule has 0 aromatic rings. The Morgan fingerprint density at radius 3 is 2.67 bits per heavy atom. The molecule has 0 atom stereocenters. The molecule has 0 unspecified atom stereocenters. The number of carbonyl (C=O) groups excluding carboxylic acids is 1. The molecule has 0 radical (unpaired) electrons. The molecule has 0 spiro atoms. The lowest BCUT2D eigenvalue weighted by Crippen LogP contribution is -1.87. The summed E-state index contributed by atoms with van der Waals surface area (Å²) in [5.74, 6) is 0. The summed E-state index contributed by atoms with van der Waals surface area (Å²) < 4.78 is 24.0. The quantitative estimate of drug-likeness (QED) is 0.372. The van der Waals surface area contributed by atoms with Crippen molar-refractivity contribution in [2.75, 3.05) is 0 Å². The Balaban J connectivity index is 4.07. The number of hydrogen-bond donors (Lipinski definition) is 0. The molecule has 68 valence electrons. The SMILES string of the molecule is CCCCC=CS(=O)(=O)N=C=O. The monoisotopic (exact) mass is 189 g/mol. The minimum absolute atomic E-state index is 0.685. The van der Waals surface area contributed by atoms with E-state index in [1.54, 1.807) is 0 Å². The number of hydrogen-bond acceptors (Lipinski definition) is 3. The molecule has 0 aliphatic rings. The number of nitrogens with zero attached hydrogens (tertiary/aromatic N) is 1. The zero-order valence-corrected chi connectivity index (χ0v) is 7.67. The molecule has 5 heteroatoms. The van der Waals surface area contributed by atoms with Crippen LogP contribution in [0.2, 0.25) is 0 Å². The van der Waals surface area contributed by atoms with Crippen molar-refractivity contribution in [3.05, 3.63) is 11.5 Å². The van der Waals surface area contributed by atoms with Gasteiger partial charge in [0.2, 0.25) is 0 Å². The van der Waals surface area contributed by atoms with Crippen molar-refractivity contribution >= 4 is 16.1 Å². The Morgan fingerprint density at radius 2 is 2.17 bits per heavy atom. The highest BCUT2D eigenvalue weighted by Gasteiger charge is 1.98. The maximum atomic E-state index is 10.7. The molecule has 0 amide bonds. The van der Waals surface area contributed by atoms with E-state index in [9.17, 15) is 13.2 Å². The lowest BCUT2D eigenvalue weighted by Gasteiger charge is -1.87. The average molecular weight is 189 g/mol. The molecule has 4 nitrogen and oxygen atoms in total. The summed E-state index contributed by atoms with van der Waals surface area (Å²) in [6.07, 6.45) is 5.08. The van der Waals surface area contributed by atoms with Crippen LogP contribution in [-0.2, 0) is 14.8 Å². The van der Waals surface area contributed by atoms with Gasteiger partial charge in [0.1, 0.15) is 0 Å². The predicted molar refractivity (Wildman–Crippen MR) is 45.7 cm³/mol. The van der Waals surface area contributed by atoms with Gasteiger partial charge in [0, 0.05) is 5.41 Å². The molecule has 0 fully saturated rings. The number of rotatable bonds is 5. The summed E-state index contributed by atoms with van der Waals surface area (Å²) in [7, 11) is -3.69. The number of unbranched alkanes of at least 4 members (excludes halogenated alkanes) is 2. The van der Waals surface area contributed by atoms with Crippen LogP contribution in [0.25, 0.3) is 0 Å². The highest BCUT2D eigenvalue weighted by atomic mass is 32.2. The molecule has 0 bridgehead atoms. The third kappa shape index (κ3) is 5.82. The normalized spacial score (nSPS) is 11.4. The van der Waals surface area contributed by atoms with Gasteiger partial charge in [0.05, 0.1) is 0 Å². The zero-order valence-electron chi connectivity index (χ0n) is 6.86. The van der Waals surface area contributed by atoms with Crippen molar-refractivity contribution in [3.63, 3.8) is 0 Å². The molecule has 0 aromatic heterocycles. The highest BCUT2D eigenvalue weighted by molar-refractivity contribution is 7.93. The molecular formula is C7H11NO3S. The van der Waals surface area contributed by atoms with Crippen LogP contribution in [-0.4, -0.2) is 14.5 Å². The van der Waals surface area contributed by atoms with Crippen molar-refractivity contribution in [1.29, 1.82) is 0 Å². The largest absolute Gasteiger partial charge is 0.285 e. The molecule has 0 aliphatic carbocycles. The summed E-state index contributed by atoms with van der Waals surface area (Å²) in [6.45, 7) is 2.01. The van der Waals surface area contributed by atoms with Gasteiger partial charge < -0.3 is 0 Å². The first-order valence-electron chi connectivity index (χ1n) is 3.63. The van der Waals surface area contributed by atoms with Crippen LogP contribution in [0.15, 0.2) is 15.9 Å². The van der Waals surface area contributed by atoms with Crippen LogP contribution < -0.4 is 0 Å². The Morgan fingerprint density at radius 1 is 1.50 bits per heavy atom. The molecule has 0 aliphatic heterocycles. The van der Waals surface area contributed by atoms with E-state index in [0.717, 1.165) is 24.3 Å². The summed E-state index contributed by atoms with van der Waals surface area (Å²) in [5.41, 5.74) is 0. The molecular weight excluding hydrogens is 178 g/mol. The Kier molecular flexibility index (Phi) is 5.25. The van der Waals surface area contributed by atoms with E-state index in [4.69, 9.17) is 0 Å². The van der Waals surface area contributed by atoms with Gasteiger partial charge in [-0.05, 0) is 6.42 Å². The summed E-state index contributed by atoms with van der Waals surface area (Å²) in [4.78, 5) is 9.60. The van der Waals surface area contributed by atoms with Gasteiger partial charge in [-0.25, -0.2) is 4.79 Å². The number of sulfonamides is 1. The first-order chi connectivity index (χ1) is 5.62. The van der Waals surface area contributed by atoms with E-state index in [2.05, 4.69) is 4.40 Å². The lowest BCUT2D eigenvalue weighted by atomic mass is 10.2. The topological polar surface area (TPSA) is 63.6 Å². The standard InChI is InChI=1S/C7H11NO3S/c1-2-3-4-5-6-12(10,11)8-7-9/h5-6H,2-4H2,1H3. The summed E-state index contributed by atoms with van der Waals surface area (Å²) >= 11 is 0. The Bertz CT molecular complexity index is 286. The maximum Gasteiger partial charge on any atom is 0.285 e. The molecule has 0 aromatic carbocycles. The minimum atomic E-state index is -3.69. The van der Waals surface area contributed by atoms with Crippen LogP contribution in [0.3, 0.4) is 0 Å². The number of allylic oxidation sites excluding steroid dienone is 1. The molecule has 0 heterocycles. The van der Waals surface area contributed by atoms with Gasteiger partial charge in [0.15, 0.2) is 0 Å². The minimum Gasteiger partial charge on any atom is -0.210 e. The van der Waals surface area contributed by atoms with Crippen molar-refractivity contribution in [3.8, 4) is 0 Å². The van der Waals surface area contributed by atoms with Gasteiger partial charge in [0.25, 0.3) is 16.1 Å². The van der Waals surface area contributed by atoms with Gasteiger partial charge in [-0.3, -0.25) is 0 Å². The van der Waals surface area contributed by atoms with Crippen molar-refractivity contribution < 1.29 is 13.2 Å². The molecule has 0 saturated heterocycles. The fraction of sp³-hybridized carbons (Fsp3) is 0.571. The van der Waals surface area contributed by atoms with E-state index < -0.39 is 10.0 Å². The fourth-order valence-electron chi connectivity index (χ4n) is 0.594. The Hall–Kier alpha value is -0.930. The second kappa shape index (κ2) is 5.69.